The van der Waals surface area contributed by atoms with Crippen molar-refractivity contribution in [1.29, 1.82) is 0 Å². The average Bonchev–Trinajstić information content (AvgIpc) is 2.92. The highest BCUT2D eigenvalue weighted by Gasteiger charge is 2.15. The van der Waals surface area contributed by atoms with E-state index in [1.165, 1.54) is 49.6 Å². The van der Waals surface area contributed by atoms with Crippen LogP contribution in [0.1, 0.15) is 50.7 Å². The summed E-state index contributed by atoms with van der Waals surface area (Å²) in [6.45, 7) is 11.4. The molecule has 0 aliphatic carbocycles. The van der Waals surface area contributed by atoms with Gasteiger partial charge in [-0.2, -0.15) is 0 Å². The normalized spacial score (nSPS) is 19.4. The molecule has 0 bridgehead atoms. The Hall–Kier alpha value is -0.450. The highest BCUT2D eigenvalue weighted by molar-refractivity contribution is 7.09. The van der Waals surface area contributed by atoms with E-state index in [2.05, 4.69) is 36.4 Å². The number of rotatable bonds is 7. The molecule has 1 aromatic rings. The van der Waals surface area contributed by atoms with E-state index in [-0.39, 0.29) is 0 Å². The Morgan fingerprint density at radius 2 is 2.20 bits per heavy atom. The van der Waals surface area contributed by atoms with Crippen LogP contribution in [0.5, 0.6) is 0 Å². The third-order valence-electron chi connectivity index (χ3n) is 4.36. The molecule has 0 radical (unpaired) electrons. The van der Waals surface area contributed by atoms with E-state index in [1.54, 1.807) is 0 Å². The highest BCUT2D eigenvalue weighted by Crippen LogP contribution is 2.17. The zero-order valence-electron chi connectivity index (χ0n) is 13.2. The third kappa shape index (κ3) is 5.15. The lowest BCUT2D eigenvalue weighted by Gasteiger charge is -2.29. The standard InChI is InChI=1S/C16H29N3S/c1-4-14(3)17-11-15-12-20-16(18-15)7-10-19-8-5-13(2)6-9-19/h12-14,17H,4-11H2,1-3H3. The first-order valence-electron chi connectivity index (χ1n) is 8.06. The van der Waals surface area contributed by atoms with E-state index < -0.39 is 0 Å². The fourth-order valence-electron chi connectivity index (χ4n) is 2.51. The summed E-state index contributed by atoms with van der Waals surface area (Å²) in [5.41, 5.74) is 1.21. The molecule has 1 saturated heterocycles. The summed E-state index contributed by atoms with van der Waals surface area (Å²) in [6, 6.07) is 0.579. The predicted molar refractivity (Wildman–Crippen MR) is 87.2 cm³/mol. The first-order valence-corrected chi connectivity index (χ1v) is 8.94. The molecule has 2 heterocycles. The lowest BCUT2D eigenvalue weighted by atomic mass is 9.99. The number of nitrogens with one attached hydrogen (secondary N) is 1. The van der Waals surface area contributed by atoms with Gasteiger partial charge in [0.2, 0.25) is 0 Å². The summed E-state index contributed by atoms with van der Waals surface area (Å²) in [5, 5.41) is 7.01. The number of aromatic nitrogens is 1. The number of likely N-dealkylation sites (tertiary alicyclic amines) is 1. The lowest BCUT2D eigenvalue weighted by molar-refractivity contribution is 0.194. The van der Waals surface area contributed by atoms with Gasteiger partial charge in [-0.05, 0) is 45.2 Å². The van der Waals surface area contributed by atoms with Crippen molar-refractivity contribution in [2.24, 2.45) is 5.92 Å². The molecule has 1 fully saturated rings. The summed E-state index contributed by atoms with van der Waals surface area (Å²) in [7, 11) is 0. The summed E-state index contributed by atoms with van der Waals surface area (Å²) >= 11 is 1.82. The molecule has 1 N–H and O–H groups in total. The maximum atomic E-state index is 4.75. The van der Waals surface area contributed by atoms with E-state index in [1.807, 2.05) is 11.3 Å². The van der Waals surface area contributed by atoms with Crippen molar-refractivity contribution >= 4 is 11.3 Å². The monoisotopic (exact) mass is 295 g/mol. The molecule has 1 aromatic heterocycles. The van der Waals surface area contributed by atoms with Gasteiger partial charge in [-0.1, -0.05) is 13.8 Å². The zero-order valence-corrected chi connectivity index (χ0v) is 14.0. The Kier molecular flexibility index (Phi) is 6.46. The van der Waals surface area contributed by atoms with E-state index in [0.29, 0.717) is 6.04 Å². The molecule has 0 spiro atoms. The van der Waals surface area contributed by atoms with Crippen LogP contribution >= 0.6 is 11.3 Å². The maximum Gasteiger partial charge on any atom is 0.0941 e. The Morgan fingerprint density at radius 3 is 2.90 bits per heavy atom. The van der Waals surface area contributed by atoms with Gasteiger partial charge in [0.25, 0.3) is 0 Å². The van der Waals surface area contributed by atoms with Crippen molar-refractivity contribution < 1.29 is 0 Å². The molecule has 0 amide bonds. The van der Waals surface area contributed by atoms with Crippen molar-refractivity contribution in [2.75, 3.05) is 19.6 Å². The number of piperidine rings is 1. The molecule has 0 aromatic carbocycles. The quantitative estimate of drug-likeness (QED) is 0.836. The van der Waals surface area contributed by atoms with Gasteiger partial charge in [0.1, 0.15) is 0 Å². The van der Waals surface area contributed by atoms with Crippen LogP contribution < -0.4 is 5.32 Å². The van der Waals surface area contributed by atoms with E-state index in [4.69, 9.17) is 4.98 Å². The number of hydrogen-bond donors (Lipinski definition) is 1. The Balaban J connectivity index is 1.70. The van der Waals surface area contributed by atoms with Gasteiger partial charge in [-0.25, -0.2) is 4.98 Å². The second-order valence-electron chi connectivity index (χ2n) is 6.20. The summed E-state index contributed by atoms with van der Waals surface area (Å²) in [6.07, 6.45) is 5.01. The highest BCUT2D eigenvalue weighted by atomic mass is 32.1. The first-order chi connectivity index (χ1) is 9.67. The van der Waals surface area contributed by atoms with E-state index >= 15 is 0 Å². The van der Waals surface area contributed by atoms with Gasteiger partial charge < -0.3 is 10.2 Å². The van der Waals surface area contributed by atoms with Gasteiger partial charge in [-0.15, -0.1) is 11.3 Å². The van der Waals surface area contributed by atoms with Crippen LogP contribution in [0.15, 0.2) is 5.38 Å². The molecule has 4 heteroatoms. The minimum absolute atomic E-state index is 0.579. The fourth-order valence-corrected chi connectivity index (χ4v) is 3.29. The van der Waals surface area contributed by atoms with Crippen LogP contribution in [-0.2, 0) is 13.0 Å². The van der Waals surface area contributed by atoms with Crippen molar-refractivity contribution in [2.45, 2.75) is 59.0 Å². The SMILES string of the molecule is CCC(C)NCc1csc(CCN2CCC(C)CC2)n1. The molecular formula is C16H29N3S. The molecule has 2 rings (SSSR count). The number of nitrogens with zero attached hydrogens (tertiary/aromatic N) is 2. The summed E-state index contributed by atoms with van der Waals surface area (Å²) < 4.78 is 0. The summed E-state index contributed by atoms with van der Waals surface area (Å²) in [4.78, 5) is 7.34. The van der Waals surface area contributed by atoms with Crippen LogP contribution in [-0.4, -0.2) is 35.6 Å². The average molecular weight is 295 g/mol. The Labute approximate surface area is 127 Å². The Morgan fingerprint density at radius 1 is 1.45 bits per heavy atom. The van der Waals surface area contributed by atoms with Crippen molar-refractivity contribution in [1.82, 2.24) is 15.2 Å². The van der Waals surface area contributed by atoms with Crippen LogP contribution in [0, 0.1) is 5.92 Å². The first kappa shape index (κ1) is 15.9. The van der Waals surface area contributed by atoms with E-state index in [9.17, 15) is 0 Å². The van der Waals surface area contributed by atoms with Crippen LogP contribution in [0.4, 0.5) is 0 Å². The third-order valence-corrected chi connectivity index (χ3v) is 5.32. The van der Waals surface area contributed by atoms with Crippen molar-refractivity contribution in [3.63, 3.8) is 0 Å². The molecule has 1 atom stereocenters. The molecule has 1 aliphatic rings. The molecule has 3 nitrogen and oxygen atoms in total. The smallest absolute Gasteiger partial charge is 0.0941 e. The topological polar surface area (TPSA) is 28.2 Å². The molecule has 0 saturated carbocycles. The van der Waals surface area contributed by atoms with Crippen LogP contribution in [0.2, 0.25) is 0 Å². The number of hydrogen-bond acceptors (Lipinski definition) is 4. The molecular weight excluding hydrogens is 266 g/mol. The molecule has 1 aliphatic heterocycles. The maximum absolute atomic E-state index is 4.75. The van der Waals surface area contributed by atoms with Crippen LogP contribution in [0.3, 0.4) is 0 Å². The zero-order chi connectivity index (χ0) is 14.4. The minimum Gasteiger partial charge on any atom is -0.309 e. The van der Waals surface area contributed by atoms with Crippen LogP contribution in [0.25, 0.3) is 0 Å². The lowest BCUT2D eigenvalue weighted by Crippen LogP contribution is -2.34. The fraction of sp³-hybridized carbons (Fsp3) is 0.812. The second-order valence-corrected chi connectivity index (χ2v) is 7.14. The van der Waals surface area contributed by atoms with E-state index in [0.717, 1.165) is 18.9 Å². The molecule has 20 heavy (non-hydrogen) atoms. The predicted octanol–water partition coefficient (Wildman–Crippen LogP) is 3.31. The van der Waals surface area contributed by atoms with Crippen molar-refractivity contribution in [3.05, 3.63) is 16.1 Å². The minimum atomic E-state index is 0.579. The van der Waals surface area contributed by atoms with Gasteiger partial charge in [0.05, 0.1) is 10.7 Å². The van der Waals surface area contributed by atoms with Gasteiger partial charge >= 0.3 is 0 Å². The number of thiazole rings is 1. The Bertz CT molecular complexity index is 383. The van der Waals surface area contributed by atoms with Gasteiger partial charge in [-0.3, -0.25) is 0 Å². The summed E-state index contributed by atoms with van der Waals surface area (Å²) in [5.74, 6) is 0.921. The molecule has 114 valence electrons. The largest absolute Gasteiger partial charge is 0.309 e. The second kappa shape index (κ2) is 8.11. The van der Waals surface area contributed by atoms with Gasteiger partial charge in [0.15, 0.2) is 0 Å². The van der Waals surface area contributed by atoms with Crippen molar-refractivity contribution in [3.8, 4) is 0 Å². The van der Waals surface area contributed by atoms with Gasteiger partial charge in [0, 0.05) is 30.9 Å². The molecule has 1 unspecified atom stereocenters.